The molecular formula is C35H44N2O7. The summed E-state index contributed by atoms with van der Waals surface area (Å²) in [4.78, 5) is 26.8. The number of hydrogen-bond acceptors (Lipinski definition) is 9. The maximum atomic E-state index is 13.9. The number of esters is 1. The molecule has 0 radical (unpaired) electrons. The average molecular weight is 605 g/mol. The van der Waals surface area contributed by atoms with E-state index < -0.39 is 23.3 Å². The molecule has 2 aromatic carbocycles. The topological polar surface area (TPSA) is 137 Å². The molecule has 5 unspecified atom stereocenters. The second-order valence-electron chi connectivity index (χ2n) is 13.7. The van der Waals surface area contributed by atoms with Crippen LogP contribution in [0, 0.1) is 12.8 Å². The second-order valence-corrected chi connectivity index (χ2v) is 13.7. The maximum absolute atomic E-state index is 13.9. The zero-order chi connectivity index (χ0) is 31.4. The molecule has 0 bridgehead atoms. The molecule has 3 aliphatic heterocycles. The first kappa shape index (κ1) is 30.6. The molecule has 3 aliphatic rings. The van der Waals surface area contributed by atoms with E-state index in [4.69, 9.17) is 24.4 Å². The number of phenolic OH excluding ortho intramolecular Hbond substituents is 1. The molecule has 6 rings (SSSR count). The van der Waals surface area contributed by atoms with Crippen LogP contribution in [0.4, 0.5) is 0 Å². The van der Waals surface area contributed by atoms with Crippen LogP contribution in [0.15, 0.2) is 45.6 Å². The van der Waals surface area contributed by atoms with Gasteiger partial charge < -0.3 is 29.5 Å². The number of nitrogens with one attached hydrogen (secondary N) is 1. The van der Waals surface area contributed by atoms with Crippen LogP contribution in [0.5, 0.6) is 11.5 Å². The highest BCUT2D eigenvalue weighted by Gasteiger charge is 2.64. The number of nitrogens with two attached hydrogens (primary N) is 1. The number of phenols is 1. The predicted octanol–water partition coefficient (Wildman–Crippen LogP) is 5.52. The summed E-state index contributed by atoms with van der Waals surface area (Å²) in [5, 5.41) is 14.9. The van der Waals surface area contributed by atoms with Crippen LogP contribution in [0.1, 0.15) is 94.3 Å². The van der Waals surface area contributed by atoms with Crippen LogP contribution in [0.25, 0.3) is 11.0 Å². The lowest BCUT2D eigenvalue weighted by Gasteiger charge is -2.44. The van der Waals surface area contributed by atoms with Crippen LogP contribution in [-0.2, 0) is 20.7 Å². The van der Waals surface area contributed by atoms with Crippen molar-refractivity contribution < 1.29 is 28.5 Å². The third-order valence-corrected chi connectivity index (χ3v) is 9.44. The zero-order valence-electron chi connectivity index (χ0n) is 26.3. The van der Waals surface area contributed by atoms with E-state index in [1.165, 1.54) is 6.07 Å². The molecule has 0 saturated carbocycles. The van der Waals surface area contributed by atoms with Gasteiger partial charge in [-0.2, -0.15) is 0 Å². The third-order valence-electron chi connectivity index (χ3n) is 9.44. The Labute approximate surface area is 258 Å². The van der Waals surface area contributed by atoms with Gasteiger partial charge >= 0.3 is 5.97 Å². The van der Waals surface area contributed by atoms with Crippen molar-refractivity contribution in [3.63, 3.8) is 0 Å². The lowest BCUT2D eigenvalue weighted by molar-refractivity contribution is -0.170. The number of aryl methyl sites for hydroxylation is 1. The minimum absolute atomic E-state index is 0.113. The molecule has 1 spiro atoms. The first-order valence-corrected chi connectivity index (χ1v) is 15.9. The van der Waals surface area contributed by atoms with Crippen molar-refractivity contribution in [1.82, 2.24) is 5.32 Å². The monoisotopic (exact) mass is 604 g/mol. The number of fused-ring (bicyclic) bond motifs is 4. The van der Waals surface area contributed by atoms with Gasteiger partial charge in [0.15, 0.2) is 11.0 Å². The first-order valence-electron chi connectivity index (χ1n) is 15.9. The SMILES string of the molecule is Cc1cc(=O)c2c(O)c3c(cc2o1)OC(C)(C)C1OC(=O)C2(CCCCC31)OC2Cc1cccc(C(N)NCCC(C)C)c1. The van der Waals surface area contributed by atoms with E-state index in [1.807, 2.05) is 32.0 Å². The number of epoxide rings is 1. The summed E-state index contributed by atoms with van der Waals surface area (Å²) in [7, 11) is 0. The molecule has 44 heavy (non-hydrogen) atoms. The number of carbonyl (C=O) groups is 1. The predicted molar refractivity (Wildman–Crippen MR) is 167 cm³/mol. The van der Waals surface area contributed by atoms with Gasteiger partial charge in [0, 0.05) is 30.0 Å². The van der Waals surface area contributed by atoms with E-state index >= 15 is 0 Å². The molecule has 2 saturated heterocycles. The molecule has 9 heteroatoms. The van der Waals surface area contributed by atoms with Gasteiger partial charge in [0.05, 0.1) is 6.17 Å². The van der Waals surface area contributed by atoms with Gasteiger partial charge in [-0.25, -0.2) is 4.79 Å². The van der Waals surface area contributed by atoms with E-state index in [2.05, 4.69) is 25.2 Å². The summed E-state index contributed by atoms with van der Waals surface area (Å²) in [5.74, 6) is 0.554. The second kappa shape index (κ2) is 11.5. The minimum atomic E-state index is -1.02. The summed E-state index contributed by atoms with van der Waals surface area (Å²) in [6.07, 6.45) is 3.09. The number of carbonyl (C=O) groups excluding carboxylic acids is 1. The Morgan fingerprint density at radius 3 is 2.70 bits per heavy atom. The summed E-state index contributed by atoms with van der Waals surface area (Å²) in [6.45, 7) is 10.7. The first-order chi connectivity index (χ1) is 20.9. The standard InChI is InChI=1S/C35H44N2O7/c1-19(2)12-14-37-32(36)22-10-8-9-21(16-22)17-27-35(44-27)13-7-6-11-23-28-26(43-34(4,5)31(23)42-33(35)40)18-25-29(30(28)39)24(38)15-20(3)41-25/h8-10,15-16,18-19,23,27,31-32,37,39H,6-7,11-14,17,36H2,1-5H3. The van der Waals surface area contributed by atoms with Crippen molar-refractivity contribution in [2.75, 3.05) is 6.54 Å². The highest BCUT2D eigenvalue weighted by Crippen LogP contribution is 2.53. The number of ether oxygens (including phenoxy) is 3. The van der Waals surface area contributed by atoms with Crippen LogP contribution in [0.3, 0.4) is 0 Å². The Bertz CT molecular complexity index is 1630. The zero-order valence-corrected chi connectivity index (χ0v) is 26.3. The molecular weight excluding hydrogens is 560 g/mol. The van der Waals surface area contributed by atoms with Gasteiger partial charge in [-0.1, -0.05) is 44.5 Å². The lowest BCUT2D eigenvalue weighted by Crippen LogP contribution is -2.52. The Morgan fingerprint density at radius 2 is 1.93 bits per heavy atom. The van der Waals surface area contributed by atoms with Crippen LogP contribution < -0.4 is 21.2 Å². The fourth-order valence-corrected chi connectivity index (χ4v) is 7.02. The van der Waals surface area contributed by atoms with Crippen molar-refractivity contribution in [2.24, 2.45) is 11.7 Å². The van der Waals surface area contributed by atoms with Gasteiger partial charge in [0.1, 0.15) is 46.0 Å². The molecule has 4 heterocycles. The van der Waals surface area contributed by atoms with Crippen LogP contribution >= 0.6 is 0 Å². The molecule has 4 N–H and O–H groups in total. The van der Waals surface area contributed by atoms with Crippen LogP contribution in [-0.4, -0.2) is 41.0 Å². The molecule has 5 atom stereocenters. The minimum Gasteiger partial charge on any atom is -0.507 e. The van der Waals surface area contributed by atoms with Gasteiger partial charge in [-0.05, 0) is 70.0 Å². The fraction of sp³-hybridized carbons (Fsp3) is 0.543. The molecule has 236 valence electrons. The maximum Gasteiger partial charge on any atom is 0.341 e. The van der Waals surface area contributed by atoms with Crippen molar-refractivity contribution in [3.05, 3.63) is 69.1 Å². The van der Waals surface area contributed by atoms with Crippen molar-refractivity contribution in [2.45, 2.75) is 109 Å². The van der Waals surface area contributed by atoms with Crippen molar-refractivity contribution in [1.29, 1.82) is 0 Å². The van der Waals surface area contributed by atoms with Gasteiger partial charge in [0.2, 0.25) is 0 Å². The number of hydrogen-bond donors (Lipinski definition) is 3. The van der Waals surface area contributed by atoms with E-state index in [0.717, 1.165) is 36.9 Å². The molecule has 2 fully saturated rings. The normalized spacial score (nSPS) is 26.6. The molecule has 0 amide bonds. The fourth-order valence-electron chi connectivity index (χ4n) is 7.02. The van der Waals surface area contributed by atoms with Crippen molar-refractivity contribution >= 4 is 16.9 Å². The Morgan fingerprint density at radius 1 is 1.14 bits per heavy atom. The molecule has 3 aromatic rings. The van der Waals surface area contributed by atoms with E-state index in [1.54, 1.807) is 13.0 Å². The smallest absolute Gasteiger partial charge is 0.341 e. The highest BCUT2D eigenvalue weighted by atomic mass is 16.7. The number of rotatable bonds is 7. The van der Waals surface area contributed by atoms with Gasteiger partial charge in [-0.3, -0.25) is 10.1 Å². The number of benzene rings is 2. The lowest BCUT2D eigenvalue weighted by atomic mass is 9.77. The van der Waals surface area contributed by atoms with Crippen LogP contribution in [0.2, 0.25) is 0 Å². The van der Waals surface area contributed by atoms with E-state index in [9.17, 15) is 14.7 Å². The van der Waals surface area contributed by atoms with E-state index in [-0.39, 0.29) is 40.3 Å². The summed E-state index contributed by atoms with van der Waals surface area (Å²) in [6, 6.07) is 11.2. The summed E-state index contributed by atoms with van der Waals surface area (Å²) < 4.78 is 24.6. The molecule has 9 nitrogen and oxygen atoms in total. The quantitative estimate of drug-likeness (QED) is 0.181. The van der Waals surface area contributed by atoms with Gasteiger partial charge in [-0.15, -0.1) is 0 Å². The Balaban J connectivity index is 1.23. The Kier molecular flexibility index (Phi) is 8.01. The highest BCUT2D eigenvalue weighted by molar-refractivity contribution is 5.88. The van der Waals surface area contributed by atoms with Gasteiger partial charge in [0.25, 0.3) is 0 Å². The average Bonchev–Trinajstić information content (AvgIpc) is 3.62. The summed E-state index contributed by atoms with van der Waals surface area (Å²) in [5.41, 5.74) is 6.98. The molecule has 0 aliphatic carbocycles. The largest absolute Gasteiger partial charge is 0.507 e. The number of aromatic hydroxyl groups is 1. The van der Waals surface area contributed by atoms with Crippen molar-refractivity contribution in [3.8, 4) is 11.5 Å². The Hall–Kier alpha value is -3.40. The van der Waals surface area contributed by atoms with E-state index in [0.29, 0.717) is 42.3 Å². The third kappa shape index (κ3) is 5.61. The summed E-state index contributed by atoms with van der Waals surface area (Å²) >= 11 is 0. The molecule has 1 aromatic heterocycles.